The third-order valence-corrected chi connectivity index (χ3v) is 12.1. The predicted molar refractivity (Wildman–Crippen MR) is 245 cm³/mol. The van der Waals surface area contributed by atoms with E-state index in [4.69, 9.17) is 22.7 Å². The number of nitrogens with zero attached hydrogens (tertiary/aromatic N) is 7. The van der Waals surface area contributed by atoms with Crippen LogP contribution in [0.5, 0.6) is 0 Å². The molecule has 0 aliphatic carbocycles. The maximum Gasteiger partial charge on any atom is 0.326 e. The molecule has 3 fully saturated rings. The van der Waals surface area contributed by atoms with Gasteiger partial charge in [0.25, 0.3) is 0 Å². The zero-order chi connectivity index (χ0) is 49.3. The molecule has 0 unspecified atom stereocenters. The van der Waals surface area contributed by atoms with Crippen LogP contribution in [0.2, 0.25) is 0 Å². The highest BCUT2D eigenvalue weighted by Gasteiger charge is 2.43. The minimum Gasteiger partial charge on any atom is -0.480 e. The number of nitrogens with two attached hydrogens (primary N) is 3. The lowest BCUT2D eigenvalue weighted by Crippen LogP contribution is -2.59. The van der Waals surface area contributed by atoms with Crippen LogP contribution in [0.25, 0.3) is 10.4 Å². The van der Waals surface area contributed by atoms with E-state index < -0.39 is 96.9 Å². The first-order chi connectivity index (χ1) is 32.6. The van der Waals surface area contributed by atoms with Gasteiger partial charge in [0, 0.05) is 49.6 Å². The summed E-state index contributed by atoms with van der Waals surface area (Å²) in [4.78, 5) is 118. The quantitative estimate of drug-likeness (QED) is 0.0161. The van der Waals surface area contributed by atoms with Crippen molar-refractivity contribution < 1.29 is 48.6 Å². The topological polar surface area (TPSA) is 374 Å². The van der Waals surface area contributed by atoms with Crippen molar-refractivity contribution in [3.63, 3.8) is 0 Å². The monoisotopic (exact) mass is 944 g/mol. The molecule has 3 aliphatic rings. The number of amides is 7. The maximum absolute atomic E-state index is 13.9. The highest BCUT2D eigenvalue weighted by molar-refractivity contribution is 5.97. The first kappa shape index (κ1) is 51.7. The van der Waals surface area contributed by atoms with E-state index in [2.05, 4.69) is 36.3 Å². The highest BCUT2D eigenvalue weighted by atomic mass is 16.4. The lowest BCUT2D eigenvalue weighted by Gasteiger charge is -2.32. The van der Waals surface area contributed by atoms with Crippen LogP contribution in [0.1, 0.15) is 62.5 Å². The first-order valence-electron chi connectivity index (χ1n) is 22.5. The molecule has 0 saturated carbocycles. The van der Waals surface area contributed by atoms with Crippen LogP contribution in [0.15, 0.2) is 64.7 Å². The van der Waals surface area contributed by atoms with Gasteiger partial charge in [-0.3, -0.25) is 38.6 Å². The Kier molecular flexibility index (Phi) is 19.0. The Bertz CT molecular complexity index is 2220. The Morgan fingerprint density at radius 3 is 1.94 bits per heavy atom. The lowest BCUT2D eigenvalue weighted by molar-refractivity contribution is -0.147. The predicted octanol–water partition coefficient (Wildman–Crippen LogP) is -1.58. The van der Waals surface area contributed by atoms with Gasteiger partial charge in [0.15, 0.2) is 5.96 Å². The number of aliphatic imine (C=N–C) groups is 1. The second-order valence-electron chi connectivity index (χ2n) is 16.9. The van der Waals surface area contributed by atoms with Crippen molar-refractivity contribution in [3.05, 3.63) is 76.2 Å². The molecule has 24 heteroatoms. The molecule has 68 heavy (non-hydrogen) atoms. The standard InChI is InChI=1S/C44H60N14O10/c45-29(10-4-18-49-44(46)47)40(64)58-21-7-13-35(58)42(66)57-20-5-11-33(57)38(62)50-24-36(60)51-30(22-26-8-2-1-3-9-26)37(61)53-32(25-59)41(65)56-19-6-12-34(56)39(63)52-31(43(67)68)23-27-14-16-28(17-15-27)54-55-48/h1-3,8-9,14-17,29-35,59H,4-7,10-13,18-25,45H2,(H,50,62)(H,51,60)(H,52,63)(H,53,61)(H,67,68)(H4,46,47,49)/t29-,30-,31-,32-,33-,34-,35-/m0/s1. The van der Waals surface area contributed by atoms with Crippen LogP contribution < -0.4 is 38.5 Å². The van der Waals surface area contributed by atoms with Crippen LogP contribution in [0, 0.1) is 0 Å². The van der Waals surface area contributed by atoms with E-state index in [1.807, 2.05) is 0 Å². The fourth-order valence-electron chi connectivity index (χ4n) is 8.64. The zero-order valence-corrected chi connectivity index (χ0v) is 37.6. The van der Waals surface area contributed by atoms with E-state index >= 15 is 0 Å². The number of hydrogen-bond donors (Lipinski definition) is 9. The Labute approximate surface area is 392 Å². The van der Waals surface area contributed by atoms with Gasteiger partial charge in [-0.25, -0.2) is 4.79 Å². The van der Waals surface area contributed by atoms with E-state index in [0.717, 1.165) is 4.90 Å². The molecule has 0 aromatic heterocycles. The lowest BCUT2D eigenvalue weighted by atomic mass is 10.0. The molecule has 2 aromatic carbocycles. The molecule has 7 amide bonds. The third kappa shape index (κ3) is 14.1. The molecular weight excluding hydrogens is 885 g/mol. The van der Waals surface area contributed by atoms with Crippen molar-refractivity contribution in [1.29, 1.82) is 0 Å². The molecule has 24 nitrogen and oxygen atoms in total. The van der Waals surface area contributed by atoms with Gasteiger partial charge in [-0.15, -0.1) is 0 Å². The van der Waals surface area contributed by atoms with Gasteiger partial charge in [-0.05, 0) is 68.0 Å². The van der Waals surface area contributed by atoms with Gasteiger partial charge in [0.2, 0.25) is 41.4 Å². The number of azide groups is 1. The second kappa shape index (κ2) is 25.0. The Balaban J connectivity index is 1.18. The smallest absolute Gasteiger partial charge is 0.326 e. The molecule has 3 aliphatic heterocycles. The van der Waals surface area contributed by atoms with Crippen molar-refractivity contribution in [2.75, 3.05) is 39.3 Å². The summed E-state index contributed by atoms with van der Waals surface area (Å²) >= 11 is 0. The van der Waals surface area contributed by atoms with Crippen molar-refractivity contribution >= 4 is 59.0 Å². The summed E-state index contributed by atoms with van der Waals surface area (Å²) in [5.41, 5.74) is 27.0. The highest BCUT2D eigenvalue weighted by Crippen LogP contribution is 2.26. The molecule has 3 saturated heterocycles. The van der Waals surface area contributed by atoms with Gasteiger partial charge in [-0.1, -0.05) is 59.7 Å². The normalized spacial score (nSPS) is 19.4. The molecule has 0 radical (unpaired) electrons. The van der Waals surface area contributed by atoms with Crippen molar-refractivity contribution in [1.82, 2.24) is 36.0 Å². The van der Waals surface area contributed by atoms with Crippen molar-refractivity contribution in [3.8, 4) is 0 Å². The number of aliphatic carboxylic acids is 1. The number of carboxylic acids is 1. The minimum absolute atomic E-state index is 0.0558. The van der Waals surface area contributed by atoms with Crippen LogP contribution in [-0.2, 0) is 51.2 Å². The molecule has 0 bridgehead atoms. The van der Waals surface area contributed by atoms with Crippen LogP contribution in [-0.4, -0.2) is 160 Å². The Morgan fingerprint density at radius 1 is 0.735 bits per heavy atom. The van der Waals surface area contributed by atoms with Gasteiger partial charge in [0.05, 0.1) is 19.2 Å². The van der Waals surface area contributed by atoms with Crippen LogP contribution in [0.3, 0.4) is 0 Å². The van der Waals surface area contributed by atoms with E-state index in [1.165, 1.54) is 21.9 Å². The number of guanidine groups is 1. The largest absolute Gasteiger partial charge is 0.480 e. The van der Waals surface area contributed by atoms with Crippen LogP contribution >= 0.6 is 0 Å². The molecule has 12 N–H and O–H groups in total. The number of carbonyl (C=O) groups excluding carboxylic acids is 7. The summed E-state index contributed by atoms with van der Waals surface area (Å²) in [6.07, 6.45) is 2.93. The van der Waals surface area contributed by atoms with Gasteiger partial charge in [-0.2, -0.15) is 0 Å². The van der Waals surface area contributed by atoms with Gasteiger partial charge in [0.1, 0.15) is 36.3 Å². The van der Waals surface area contributed by atoms with E-state index in [0.29, 0.717) is 74.8 Å². The number of likely N-dealkylation sites (tertiary alicyclic amines) is 3. The fourth-order valence-corrected chi connectivity index (χ4v) is 8.64. The summed E-state index contributed by atoms with van der Waals surface area (Å²) in [5.74, 6) is -5.95. The number of carboxylic acid groups (broad SMARTS) is 1. The number of hydrogen-bond acceptors (Lipinski definition) is 12. The number of benzene rings is 2. The summed E-state index contributed by atoms with van der Waals surface area (Å²) in [6.45, 7) is -0.491. The zero-order valence-electron chi connectivity index (χ0n) is 37.6. The minimum atomic E-state index is -1.56. The summed E-state index contributed by atoms with van der Waals surface area (Å²) < 4.78 is 0. The molecule has 0 spiro atoms. The third-order valence-electron chi connectivity index (χ3n) is 12.1. The number of nitrogens with one attached hydrogen (secondary N) is 4. The summed E-state index contributed by atoms with van der Waals surface area (Å²) in [7, 11) is 0. The molecule has 2 aromatic rings. The van der Waals surface area contributed by atoms with Crippen molar-refractivity contribution in [2.45, 2.75) is 107 Å². The average Bonchev–Trinajstić information content (AvgIpc) is 4.14. The average molecular weight is 945 g/mol. The molecular formula is C44H60N14O10. The summed E-state index contributed by atoms with van der Waals surface area (Å²) in [5, 5.41) is 33.9. The SMILES string of the molecule is [N-]=[N+]=Nc1ccc(C[C@H](NC(=O)[C@@H]2CCCN2C(=O)[C@H](CO)NC(=O)[C@H](Cc2ccccc2)NC(=O)CNC(=O)[C@@H]2CCCN2C(=O)[C@@H]2CCCN2C(=O)[C@@H](N)CCCN=C(N)N)C(=O)O)cc1. The first-order valence-corrected chi connectivity index (χ1v) is 22.5. The van der Waals surface area contributed by atoms with E-state index in [9.17, 15) is 48.6 Å². The molecule has 3 heterocycles. The molecule has 7 atom stereocenters. The van der Waals surface area contributed by atoms with Crippen molar-refractivity contribution in [2.24, 2.45) is 27.3 Å². The van der Waals surface area contributed by atoms with Crippen LogP contribution in [0.4, 0.5) is 5.69 Å². The Hall–Kier alpha value is -7.30. The molecule has 5 rings (SSSR count). The Morgan fingerprint density at radius 2 is 1.32 bits per heavy atom. The van der Waals surface area contributed by atoms with Gasteiger partial charge < -0.3 is 63.4 Å². The fraction of sp³-hybridized carbons (Fsp3) is 0.523. The number of aliphatic hydroxyl groups excluding tert-OH is 1. The number of carbonyl (C=O) groups is 8. The molecule has 366 valence electrons. The summed E-state index contributed by atoms with van der Waals surface area (Å²) in [6, 6.07) is 6.78. The maximum atomic E-state index is 13.9. The van der Waals surface area contributed by atoms with E-state index in [1.54, 1.807) is 42.5 Å². The van der Waals surface area contributed by atoms with Gasteiger partial charge >= 0.3 is 5.97 Å². The number of rotatable bonds is 22. The van der Waals surface area contributed by atoms with E-state index in [-0.39, 0.29) is 44.2 Å². The number of aliphatic hydroxyl groups is 1. The second-order valence-corrected chi connectivity index (χ2v) is 16.9.